The van der Waals surface area contributed by atoms with Crippen molar-refractivity contribution in [1.82, 2.24) is 5.43 Å². The largest absolute Gasteiger partial charge is 0.327 e. The molecule has 0 amide bonds. The van der Waals surface area contributed by atoms with E-state index in [0.717, 1.165) is 0 Å². The van der Waals surface area contributed by atoms with Gasteiger partial charge in [-0.25, -0.2) is 0 Å². The van der Waals surface area contributed by atoms with Gasteiger partial charge in [-0.3, -0.25) is 0 Å². The van der Waals surface area contributed by atoms with Crippen molar-refractivity contribution in [3.63, 3.8) is 0 Å². The van der Waals surface area contributed by atoms with Crippen molar-refractivity contribution in [1.29, 1.82) is 0 Å². The van der Waals surface area contributed by atoms with Crippen LogP contribution in [0.4, 0.5) is 0 Å². The van der Waals surface area contributed by atoms with E-state index < -0.39 is 0 Å². The van der Waals surface area contributed by atoms with E-state index in [1.165, 1.54) is 5.57 Å². The summed E-state index contributed by atoms with van der Waals surface area (Å²) in [5.41, 5.74) is 9.83. The fourth-order valence-corrected chi connectivity index (χ4v) is 1.49. The van der Waals surface area contributed by atoms with Gasteiger partial charge in [-0.05, 0) is 5.57 Å². The number of hydrazone groups is 1. The summed E-state index contributed by atoms with van der Waals surface area (Å²) in [7, 11) is 0. The van der Waals surface area contributed by atoms with Gasteiger partial charge in [-0.2, -0.15) is 5.10 Å². The van der Waals surface area contributed by atoms with E-state index in [2.05, 4.69) is 22.7 Å². The number of nitrogens with one attached hydrogen (secondary N) is 1. The molecule has 0 radical (unpaired) electrons. The number of hydrogen-bond acceptors (Lipinski definition) is 3. The Bertz CT molecular complexity index is 240. The fourth-order valence-electron chi connectivity index (χ4n) is 1.49. The molecule has 0 aromatic rings. The third kappa shape index (κ3) is 0.973. The summed E-state index contributed by atoms with van der Waals surface area (Å²) < 4.78 is 0. The van der Waals surface area contributed by atoms with Crippen LogP contribution in [0.15, 0.2) is 28.9 Å². The van der Waals surface area contributed by atoms with Gasteiger partial charge in [-0.1, -0.05) is 18.2 Å². The molecule has 0 aromatic heterocycles. The van der Waals surface area contributed by atoms with Gasteiger partial charge >= 0.3 is 0 Å². The Morgan fingerprint density at radius 2 is 2.55 bits per heavy atom. The summed E-state index contributed by atoms with van der Waals surface area (Å²) in [5, 5.41) is 4.00. The zero-order valence-corrected chi connectivity index (χ0v) is 6.20. The standard InChI is InChI=1S/C8H11N3/c9-4-6-2-1-3-8-7(6)5-10-11-8/h1-3,5,7-8,11H,4,9H2. The Kier molecular flexibility index (Phi) is 1.51. The minimum atomic E-state index is 0.346. The number of allylic oxidation sites excluding steroid dienone is 2. The molecule has 0 bridgehead atoms. The summed E-state index contributed by atoms with van der Waals surface area (Å²) in [6.45, 7) is 0.624. The van der Waals surface area contributed by atoms with Crippen LogP contribution < -0.4 is 11.2 Å². The fraction of sp³-hybridized carbons (Fsp3) is 0.375. The van der Waals surface area contributed by atoms with Crippen molar-refractivity contribution < 1.29 is 0 Å². The summed E-state index contributed by atoms with van der Waals surface area (Å²) in [4.78, 5) is 0. The minimum absolute atomic E-state index is 0.346. The molecule has 0 fully saturated rings. The highest BCUT2D eigenvalue weighted by Crippen LogP contribution is 2.21. The van der Waals surface area contributed by atoms with E-state index in [-0.39, 0.29) is 0 Å². The molecule has 0 spiro atoms. The van der Waals surface area contributed by atoms with Crippen LogP contribution >= 0.6 is 0 Å². The van der Waals surface area contributed by atoms with Crippen LogP contribution in [-0.2, 0) is 0 Å². The lowest BCUT2D eigenvalue weighted by Crippen LogP contribution is -2.30. The lowest BCUT2D eigenvalue weighted by atomic mass is 9.89. The minimum Gasteiger partial charge on any atom is -0.327 e. The Balaban J connectivity index is 2.25. The molecule has 1 aliphatic heterocycles. The molecule has 3 N–H and O–H groups in total. The van der Waals surface area contributed by atoms with Crippen LogP contribution in [0.25, 0.3) is 0 Å². The maximum Gasteiger partial charge on any atom is 0.0739 e. The first-order valence-electron chi connectivity index (χ1n) is 3.78. The molecule has 58 valence electrons. The van der Waals surface area contributed by atoms with Gasteiger partial charge in [0.1, 0.15) is 0 Å². The van der Waals surface area contributed by atoms with E-state index in [0.29, 0.717) is 18.5 Å². The molecule has 11 heavy (non-hydrogen) atoms. The highest BCUT2D eigenvalue weighted by atomic mass is 15.3. The summed E-state index contributed by atoms with van der Waals surface area (Å²) >= 11 is 0. The smallest absolute Gasteiger partial charge is 0.0739 e. The lowest BCUT2D eigenvalue weighted by Gasteiger charge is -2.19. The van der Waals surface area contributed by atoms with Crippen molar-refractivity contribution in [2.24, 2.45) is 16.8 Å². The number of nitrogens with two attached hydrogens (primary N) is 1. The molecule has 0 saturated heterocycles. The van der Waals surface area contributed by atoms with Gasteiger partial charge in [0, 0.05) is 18.7 Å². The van der Waals surface area contributed by atoms with Crippen molar-refractivity contribution in [3.05, 3.63) is 23.8 Å². The van der Waals surface area contributed by atoms with Crippen LogP contribution in [0, 0.1) is 5.92 Å². The predicted molar refractivity (Wildman–Crippen MR) is 45.2 cm³/mol. The molecule has 0 aromatic carbocycles. The van der Waals surface area contributed by atoms with Crippen molar-refractivity contribution >= 4 is 6.21 Å². The van der Waals surface area contributed by atoms with Crippen LogP contribution in [0.1, 0.15) is 0 Å². The van der Waals surface area contributed by atoms with E-state index in [1.807, 2.05) is 12.3 Å². The SMILES string of the molecule is NCC1=CC=CC2NN=CC12. The molecule has 1 aliphatic carbocycles. The van der Waals surface area contributed by atoms with E-state index >= 15 is 0 Å². The zero-order valence-electron chi connectivity index (χ0n) is 6.20. The average molecular weight is 149 g/mol. The summed E-state index contributed by atoms with van der Waals surface area (Å²) in [5.74, 6) is 0.394. The quantitative estimate of drug-likeness (QED) is 0.552. The first-order chi connectivity index (χ1) is 5.42. The van der Waals surface area contributed by atoms with Gasteiger partial charge < -0.3 is 11.2 Å². The number of rotatable bonds is 1. The molecule has 0 saturated carbocycles. The van der Waals surface area contributed by atoms with Crippen molar-refractivity contribution in [2.75, 3.05) is 6.54 Å². The van der Waals surface area contributed by atoms with E-state index in [9.17, 15) is 0 Å². The van der Waals surface area contributed by atoms with Crippen molar-refractivity contribution in [2.45, 2.75) is 6.04 Å². The summed E-state index contributed by atoms with van der Waals surface area (Å²) in [6.07, 6.45) is 8.13. The molecular weight excluding hydrogens is 138 g/mol. The van der Waals surface area contributed by atoms with E-state index in [1.54, 1.807) is 0 Å². The van der Waals surface area contributed by atoms with Gasteiger partial charge in [0.2, 0.25) is 0 Å². The van der Waals surface area contributed by atoms with Crippen LogP contribution in [-0.4, -0.2) is 18.8 Å². The van der Waals surface area contributed by atoms with Crippen LogP contribution in [0.5, 0.6) is 0 Å². The average Bonchev–Trinajstić information content (AvgIpc) is 2.50. The third-order valence-corrected chi connectivity index (χ3v) is 2.14. The number of fused-ring (bicyclic) bond motifs is 1. The normalized spacial score (nSPS) is 33.0. The highest BCUT2D eigenvalue weighted by molar-refractivity contribution is 5.70. The lowest BCUT2D eigenvalue weighted by molar-refractivity contribution is 0.597. The van der Waals surface area contributed by atoms with Gasteiger partial charge in [0.15, 0.2) is 0 Å². The van der Waals surface area contributed by atoms with Crippen LogP contribution in [0.2, 0.25) is 0 Å². The Labute approximate surface area is 65.7 Å². The van der Waals surface area contributed by atoms with Crippen molar-refractivity contribution in [3.8, 4) is 0 Å². The Morgan fingerprint density at radius 1 is 1.64 bits per heavy atom. The van der Waals surface area contributed by atoms with Gasteiger partial charge in [-0.15, -0.1) is 0 Å². The maximum atomic E-state index is 5.57. The first kappa shape index (κ1) is 6.61. The second kappa shape index (κ2) is 2.51. The third-order valence-electron chi connectivity index (χ3n) is 2.14. The molecule has 3 nitrogen and oxygen atoms in total. The predicted octanol–water partition coefficient (Wildman–Crippen LogP) is 0.0151. The molecule has 2 unspecified atom stereocenters. The Hall–Kier alpha value is -1.09. The zero-order chi connectivity index (χ0) is 7.68. The number of nitrogens with zero attached hydrogens (tertiary/aromatic N) is 1. The molecule has 2 rings (SSSR count). The molecule has 2 aliphatic rings. The molecule has 1 heterocycles. The van der Waals surface area contributed by atoms with Gasteiger partial charge in [0.25, 0.3) is 0 Å². The second-order valence-corrected chi connectivity index (χ2v) is 2.79. The van der Waals surface area contributed by atoms with Gasteiger partial charge in [0.05, 0.1) is 6.04 Å². The first-order valence-corrected chi connectivity index (χ1v) is 3.78. The van der Waals surface area contributed by atoms with E-state index in [4.69, 9.17) is 5.73 Å². The molecular formula is C8H11N3. The number of hydrogen-bond donors (Lipinski definition) is 2. The monoisotopic (exact) mass is 149 g/mol. The molecule has 3 heteroatoms. The molecule has 2 atom stereocenters. The Morgan fingerprint density at radius 3 is 3.36 bits per heavy atom. The maximum absolute atomic E-state index is 5.57. The highest BCUT2D eigenvalue weighted by Gasteiger charge is 2.25. The second-order valence-electron chi connectivity index (χ2n) is 2.79. The van der Waals surface area contributed by atoms with Crippen LogP contribution in [0.3, 0.4) is 0 Å². The summed E-state index contributed by atoms with van der Waals surface area (Å²) in [6, 6.07) is 0.346. The topological polar surface area (TPSA) is 50.4 Å².